The first-order chi connectivity index (χ1) is 13.5. The van der Waals surface area contributed by atoms with Crippen molar-refractivity contribution in [3.8, 4) is 16.9 Å². The summed E-state index contributed by atoms with van der Waals surface area (Å²) in [5.41, 5.74) is 1.98. The zero-order valence-electron chi connectivity index (χ0n) is 16.0. The maximum atomic E-state index is 13.2. The highest BCUT2D eigenvalue weighted by Gasteiger charge is 2.48. The molecule has 2 aliphatic rings. The zero-order chi connectivity index (χ0) is 19.9. The van der Waals surface area contributed by atoms with Crippen LogP contribution in [0.5, 0.6) is 5.75 Å². The number of ether oxygens (including phenoxy) is 2. The summed E-state index contributed by atoms with van der Waals surface area (Å²) < 4.78 is 42.1. The lowest BCUT2D eigenvalue weighted by atomic mass is 9.99. The van der Waals surface area contributed by atoms with Crippen LogP contribution in [0.1, 0.15) is 41.6 Å². The number of carbonyl (C=O) groups is 1. The highest BCUT2D eigenvalue weighted by Crippen LogP contribution is 2.49. The van der Waals surface area contributed by atoms with E-state index in [0.29, 0.717) is 16.9 Å². The van der Waals surface area contributed by atoms with Gasteiger partial charge < -0.3 is 13.9 Å². The van der Waals surface area contributed by atoms with Crippen molar-refractivity contribution in [2.24, 2.45) is 11.8 Å². The van der Waals surface area contributed by atoms with Gasteiger partial charge in [-0.05, 0) is 49.1 Å². The molecule has 6 nitrogen and oxygen atoms in total. The van der Waals surface area contributed by atoms with E-state index >= 15 is 0 Å². The fourth-order valence-electron chi connectivity index (χ4n) is 5.01. The van der Waals surface area contributed by atoms with Crippen molar-refractivity contribution in [1.29, 1.82) is 0 Å². The second-order valence-electron chi connectivity index (χ2n) is 7.63. The highest BCUT2D eigenvalue weighted by molar-refractivity contribution is 7.91. The molecule has 2 saturated carbocycles. The molecule has 0 spiro atoms. The standard InChI is InChI=1S/C21H24O6S/c1-25-19-17(15-9-10-27-11-15)8-7-16(18(19)21(22)26-2)12-28(23,24)20-13-3-4-14(20)6-5-13/h7-11,13-14,20H,3-6,12H2,1-2H3. The Morgan fingerprint density at radius 2 is 1.79 bits per heavy atom. The molecule has 0 N–H and O–H groups in total. The van der Waals surface area contributed by atoms with Crippen LogP contribution in [0.3, 0.4) is 0 Å². The van der Waals surface area contributed by atoms with Crippen molar-refractivity contribution >= 4 is 15.8 Å². The summed E-state index contributed by atoms with van der Waals surface area (Å²) in [7, 11) is -0.648. The SMILES string of the molecule is COC(=O)c1c(CS(=O)(=O)C2C3CCC2CC3)ccc(-c2ccoc2)c1OC. The first-order valence-corrected chi connectivity index (χ1v) is 11.2. The van der Waals surface area contributed by atoms with Crippen LogP contribution >= 0.6 is 0 Å². The Morgan fingerprint density at radius 1 is 1.11 bits per heavy atom. The molecule has 2 aromatic rings. The largest absolute Gasteiger partial charge is 0.495 e. The van der Waals surface area contributed by atoms with Gasteiger partial charge in [-0.3, -0.25) is 0 Å². The Hall–Kier alpha value is -2.28. The molecule has 150 valence electrons. The average molecular weight is 404 g/mol. The summed E-state index contributed by atoms with van der Waals surface area (Å²) in [4.78, 5) is 12.6. The molecule has 4 rings (SSSR count). The van der Waals surface area contributed by atoms with Gasteiger partial charge in [0, 0.05) is 11.1 Å². The van der Waals surface area contributed by atoms with Crippen molar-refractivity contribution < 1.29 is 27.1 Å². The van der Waals surface area contributed by atoms with Gasteiger partial charge in [-0.15, -0.1) is 0 Å². The van der Waals surface area contributed by atoms with Gasteiger partial charge in [-0.25, -0.2) is 13.2 Å². The number of furan rings is 1. The Bertz CT molecular complexity index is 957. The second kappa shape index (κ2) is 7.28. The van der Waals surface area contributed by atoms with Crippen molar-refractivity contribution in [2.45, 2.75) is 36.7 Å². The van der Waals surface area contributed by atoms with Gasteiger partial charge in [0.25, 0.3) is 0 Å². The molecule has 0 unspecified atom stereocenters. The molecule has 0 amide bonds. The summed E-state index contributed by atoms with van der Waals surface area (Å²) in [5, 5.41) is -0.294. The molecule has 0 saturated heterocycles. The molecule has 2 aliphatic carbocycles. The molecule has 0 radical (unpaired) electrons. The Kier molecular flexibility index (Phi) is 4.95. The third-order valence-corrected chi connectivity index (χ3v) is 8.50. The lowest BCUT2D eigenvalue weighted by Gasteiger charge is -2.19. The van der Waals surface area contributed by atoms with E-state index in [1.807, 2.05) is 0 Å². The van der Waals surface area contributed by atoms with Crippen LogP contribution in [-0.4, -0.2) is 33.9 Å². The minimum atomic E-state index is -3.39. The highest BCUT2D eigenvalue weighted by atomic mass is 32.2. The van der Waals surface area contributed by atoms with Gasteiger partial charge in [0.05, 0.1) is 37.7 Å². The quantitative estimate of drug-likeness (QED) is 0.680. The van der Waals surface area contributed by atoms with Gasteiger partial charge in [0.1, 0.15) is 11.3 Å². The van der Waals surface area contributed by atoms with Gasteiger partial charge >= 0.3 is 5.97 Å². The molecule has 2 fully saturated rings. The number of hydrogen-bond acceptors (Lipinski definition) is 6. The summed E-state index contributed by atoms with van der Waals surface area (Å²) in [6, 6.07) is 5.21. The molecule has 2 bridgehead atoms. The summed E-state index contributed by atoms with van der Waals surface area (Å²) >= 11 is 0. The number of benzene rings is 1. The van der Waals surface area contributed by atoms with E-state index in [-0.39, 0.29) is 28.4 Å². The molecule has 7 heteroatoms. The zero-order valence-corrected chi connectivity index (χ0v) is 16.8. The average Bonchev–Trinajstić information content (AvgIpc) is 3.43. The maximum absolute atomic E-state index is 13.2. The maximum Gasteiger partial charge on any atom is 0.341 e. The Balaban J connectivity index is 1.77. The van der Waals surface area contributed by atoms with E-state index in [4.69, 9.17) is 13.9 Å². The number of sulfone groups is 1. The summed E-state index contributed by atoms with van der Waals surface area (Å²) in [6.45, 7) is 0. The smallest absolute Gasteiger partial charge is 0.341 e. The number of fused-ring (bicyclic) bond motifs is 2. The monoisotopic (exact) mass is 404 g/mol. The fraction of sp³-hybridized carbons (Fsp3) is 0.476. The minimum Gasteiger partial charge on any atom is -0.495 e. The van der Waals surface area contributed by atoms with E-state index < -0.39 is 15.8 Å². The van der Waals surface area contributed by atoms with Crippen molar-refractivity contribution in [3.05, 3.63) is 41.9 Å². The minimum absolute atomic E-state index is 0.164. The van der Waals surface area contributed by atoms with Gasteiger partial charge in [-0.2, -0.15) is 0 Å². The van der Waals surface area contributed by atoms with Crippen molar-refractivity contribution in [1.82, 2.24) is 0 Å². The van der Waals surface area contributed by atoms with Crippen LogP contribution in [0, 0.1) is 11.8 Å². The molecule has 1 heterocycles. The first kappa shape index (κ1) is 19.1. The van der Waals surface area contributed by atoms with Crippen molar-refractivity contribution in [2.75, 3.05) is 14.2 Å². The number of esters is 1. The first-order valence-electron chi connectivity index (χ1n) is 9.48. The lowest BCUT2D eigenvalue weighted by Crippen LogP contribution is -2.28. The molecule has 0 atom stereocenters. The van der Waals surface area contributed by atoms with E-state index in [9.17, 15) is 13.2 Å². The number of rotatable bonds is 6. The lowest BCUT2D eigenvalue weighted by molar-refractivity contribution is 0.0596. The molecule has 1 aromatic carbocycles. The molecular formula is C21H24O6S. The van der Waals surface area contributed by atoms with Crippen LogP contribution in [-0.2, 0) is 20.3 Å². The Morgan fingerprint density at radius 3 is 2.32 bits per heavy atom. The summed E-state index contributed by atoms with van der Waals surface area (Å²) in [5.74, 6) is 0.0152. The molecule has 0 aliphatic heterocycles. The predicted octanol–water partition coefficient (Wildman–Crippen LogP) is 3.85. The van der Waals surface area contributed by atoms with Gasteiger partial charge in [0.2, 0.25) is 0 Å². The van der Waals surface area contributed by atoms with Crippen LogP contribution in [0.4, 0.5) is 0 Å². The van der Waals surface area contributed by atoms with Crippen molar-refractivity contribution in [3.63, 3.8) is 0 Å². The number of methoxy groups -OCH3 is 2. The normalized spacial score (nSPS) is 23.7. The van der Waals surface area contributed by atoms with E-state index in [1.165, 1.54) is 20.5 Å². The van der Waals surface area contributed by atoms with Crippen LogP contribution < -0.4 is 4.74 Å². The van der Waals surface area contributed by atoms with Gasteiger partial charge in [-0.1, -0.05) is 12.1 Å². The van der Waals surface area contributed by atoms with Crippen LogP contribution in [0.25, 0.3) is 11.1 Å². The third-order valence-electron chi connectivity index (χ3n) is 6.19. The van der Waals surface area contributed by atoms with Crippen LogP contribution in [0.2, 0.25) is 0 Å². The summed E-state index contributed by atoms with van der Waals surface area (Å²) in [6.07, 6.45) is 7.02. The van der Waals surface area contributed by atoms with E-state index in [2.05, 4.69) is 0 Å². The van der Waals surface area contributed by atoms with E-state index in [0.717, 1.165) is 31.2 Å². The molecule has 1 aromatic heterocycles. The van der Waals surface area contributed by atoms with Crippen LogP contribution in [0.15, 0.2) is 35.1 Å². The second-order valence-corrected chi connectivity index (χ2v) is 9.79. The fourth-order valence-corrected chi connectivity index (χ4v) is 7.60. The Labute approximate surface area is 164 Å². The molecular weight excluding hydrogens is 380 g/mol. The molecule has 28 heavy (non-hydrogen) atoms. The third kappa shape index (κ3) is 3.11. The predicted molar refractivity (Wildman–Crippen MR) is 104 cm³/mol. The topological polar surface area (TPSA) is 82.8 Å². The van der Waals surface area contributed by atoms with E-state index in [1.54, 1.807) is 24.5 Å². The number of hydrogen-bond donors (Lipinski definition) is 0. The van der Waals surface area contributed by atoms with Gasteiger partial charge in [0.15, 0.2) is 9.84 Å². The number of carbonyl (C=O) groups excluding carboxylic acids is 1.